The summed E-state index contributed by atoms with van der Waals surface area (Å²) in [6.07, 6.45) is -9.10. The molecule has 0 aromatic heterocycles. The molecule has 0 unspecified atom stereocenters. The molecule has 0 saturated heterocycles. The van der Waals surface area contributed by atoms with Crippen molar-refractivity contribution in [2.24, 2.45) is 0 Å². The molecule has 0 amide bonds. The van der Waals surface area contributed by atoms with Gasteiger partial charge in [-0.05, 0) is 38.5 Å². The predicted octanol–water partition coefficient (Wildman–Crippen LogP) is 5.32. The third kappa shape index (κ3) is 4.31. The van der Waals surface area contributed by atoms with E-state index in [1.807, 2.05) is 0 Å². The Kier molecular flexibility index (Phi) is 4.31. The fourth-order valence-electron chi connectivity index (χ4n) is 1.51. The van der Waals surface area contributed by atoms with Crippen molar-refractivity contribution in [1.29, 1.82) is 0 Å². The maximum Gasteiger partial charge on any atom is 0.416 e. The molecular formula is C13H15F6N. The van der Waals surface area contributed by atoms with E-state index in [4.69, 9.17) is 0 Å². The van der Waals surface area contributed by atoms with Crippen LogP contribution >= 0.6 is 0 Å². The molecule has 1 aromatic carbocycles. The molecule has 0 heterocycles. The molecule has 0 aliphatic heterocycles. The first kappa shape index (κ1) is 16.7. The Hall–Kier alpha value is -1.40. The first-order valence-electron chi connectivity index (χ1n) is 5.93. The van der Waals surface area contributed by atoms with Gasteiger partial charge >= 0.3 is 12.4 Å². The lowest BCUT2D eigenvalue weighted by atomic mass is 10.0. The summed E-state index contributed by atoms with van der Waals surface area (Å²) in [6, 6.07) is 1.49. The average Bonchev–Trinajstić information content (AvgIpc) is 2.25. The molecule has 0 aliphatic rings. The van der Waals surface area contributed by atoms with Crippen LogP contribution in [0, 0.1) is 0 Å². The largest absolute Gasteiger partial charge is 0.416 e. The molecule has 0 atom stereocenters. The second-order valence-electron chi connectivity index (χ2n) is 5.16. The Morgan fingerprint density at radius 1 is 0.850 bits per heavy atom. The van der Waals surface area contributed by atoms with Gasteiger partial charge < -0.3 is 5.32 Å². The number of hydrogen-bond acceptors (Lipinski definition) is 1. The molecule has 0 saturated carbocycles. The van der Waals surface area contributed by atoms with Gasteiger partial charge in [0.05, 0.1) is 11.1 Å². The first-order chi connectivity index (χ1) is 8.85. The second-order valence-corrected chi connectivity index (χ2v) is 5.16. The van der Waals surface area contributed by atoms with E-state index >= 15 is 0 Å². The highest BCUT2D eigenvalue weighted by molar-refractivity contribution is 5.51. The number of nitrogens with one attached hydrogen (secondary N) is 1. The van der Waals surface area contributed by atoms with E-state index in [2.05, 4.69) is 5.32 Å². The van der Waals surface area contributed by atoms with Crippen LogP contribution in [-0.2, 0) is 12.4 Å². The molecule has 1 nitrogen and oxygen atoms in total. The maximum atomic E-state index is 12.7. The van der Waals surface area contributed by atoms with Gasteiger partial charge in [-0.2, -0.15) is 26.3 Å². The van der Waals surface area contributed by atoms with Crippen molar-refractivity contribution < 1.29 is 26.3 Å². The molecule has 0 radical (unpaired) electrons. The van der Waals surface area contributed by atoms with Gasteiger partial charge in [-0.1, -0.05) is 6.92 Å². The molecule has 20 heavy (non-hydrogen) atoms. The van der Waals surface area contributed by atoms with E-state index in [-0.39, 0.29) is 11.8 Å². The first-order valence-corrected chi connectivity index (χ1v) is 5.93. The topological polar surface area (TPSA) is 12.0 Å². The summed E-state index contributed by atoms with van der Waals surface area (Å²) in [5.41, 5.74) is -3.44. The summed E-state index contributed by atoms with van der Waals surface area (Å²) >= 11 is 0. The minimum atomic E-state index is -4.83. The van der Waals surface area contributed by atoms with Crippen LogP contribution < -0.4 is 5.32 Å². The molecule has 7 heteroatoms. The third-order valence-electron chi connectivity index (χ3n) is 2.95. The lowest BCUT2D eigenvalue weighted by Gasteiger charge is -2.27. The van der Waals surface area contributed by atoms with E-state index in [0.717, 1.165) is 0 Å². The van der Waals surface area contributed by atoms with Crippen LogP contribution in [0.25, 0.3) is 0 Å². The van der Waals surface area contributed by atoms with E-state index in [1.54, 1.807) is 20.8 Å². The highest BCUT2D eigenvalue weighted by Crippen LogP contribution is 2.38. The predicted molar refractivity (Wildman–Crippen MR) is 64.4 cm³/mol. The molecule has 1 rings (SSSR count). The lowest BCUT2D eigenvalue weighted by molar-refractivity contribution is -0.143. The zero-order valence-corrected chi connectivity index (χ0v) is 11.2. The van der Waals surface area contributed by atoms with Crippen LogP contribution in [0.1, 0.15) is 38.3 Å². The molecule has 0 fully saturated rings. The Balaban J connectivity index is 3.32. The highest BCUT2D eigenvalue weighted by Gasteiger charge is 2.37. The Labute approximate surface area is 113 Å². The Morgan fingerprint density at radius 3 is 1.55 bits per heavy atom. The van der Waals surface area contributed by atoms with E-state index < -0.39 is 29.0 Å². The van der Waals surface area contributed by atoms with Crippen molar-refractivity contribution in [2.75, 3.05) is 5.32 Å². The smallest absolute Gasteiger partial charge is 0.380 e. The number of benzene rings is 1. The van der Waals surface area contributed by atoms with Gasteiger partial charge in [-0.3, -0.25) is 0 Å². The van der Waals surface area contributed by atoms with Gasteiger partial charge in [-0.15, -0.1) is 0 Å². The van der Waals surface area contributed by atoms with E-state index in [0.29, 0.717) is 18.6 Å². The van der Waals surface area contributed by atoms with Crippen molar-refractivity contribution in [2.45, 2.75) is 45.1 Å². The lowest BCUT2D eigenvalue weighted by Crippen LogP contribution is -2.30. The van der Waals surface area contributed by atoms with Gasteiger partial charge in [0.25, 0.3) is 0 Å². The molecule has 0 bridgehead atoms. The van der Waals surface area contributed by atoms with Gasteiger partial charge in [0, 0.05) is 11.2 Å². The summed E-state index contributed by atoms with van der Waals surface area (Å²) in [5, 5.41) is 2.69. The van der Waals surface area contributed by atoms with Gasteiger partial charge in [0.1, 0.15) is 0 Å². The van der Waals surface area contributed by atoms with E-state index in [9.17, 15) is 26.3 Å². The second kappa shape index (κ2) is 5.18. The number of rotatable bonds is 3. The number of halogens is 6. The maximum absolute atomic E-state index is 12.7. The van der Waals surface area contributed by atoms with Crippen molar-refractivity contribution in [3.63, 3.8) is 0 Å². The van der Waals surface area contributed by atoms with Crippen LogP contribution in [0.4, 0.5) is 32.0 Å². The monoisotopic (exact) mass is 299 g/mol. The van der Waals surface area contributed by atoms with Crippen LogP contribution in [0.15, 0.2) is 18.2 Å². The van der Waals surface area contributed by atoms with Crippen LogP contribution in [0.2, 0.25) is 0 Å². The van der Waals surface area contributed by atoms with Crippen molar-refractivity contribution in [1.82, 2.24) is 0 Å². The summed E-state index contributed by atoms with van der Waals surface area (Å²) < 4.78 is 75.9. The Morgan fingerprint density at radius 2 is 1.25 bits per heavy atom. The zero-order chi connectivity index (χ0) is 15.8. The van der Waals surface area contributed by atoms with E-state index in [1.165, 1.54) is 0 Å². The quantitative estimate of drug-likeness (QED) is 0.744. The van der Waals surface area contributed by atoms with Crippen LogP contribution in [0.5, 0.6) is 0 Å². The molecule has 0 spiro atoms. The molecule has 114 valence electrons. The molecule has 0 aliphatic carbocycles. The van der Waals surface area contributed by atoms with Crippen LogP contribution in [-0.4, -0.2) is 5.54 Å². The van der Waals surface area contributed by atoms with Gasteiger partial charge in [-0.25, -0.2) is 0 Å². The minimum absolute atomic E-state index is 0.115. The summed E-state index contributed by atoms with van der Waals surface area (Å²) in [4.78, 5) is 0. The number of anilines is 1. The average molecular weight is 299 g/mol. The third-order valence-corrected chi connectivity index (χ3v) is 2.95. The minimum Gasteiger partial charge on any atom is -0.380 e. The van der Waals surface area contributed by atoms with Crippen molar-refractivity contribution in [3.05, 3.63) is 29.3 Å². The highest BCUT2D eigenvalue weighted by atomic mass is 19.4. The van der Waals surface area contributed by atoms with Crippen molar-refractivity contribution in [3.8, 4) is 0 Å². The summed E-state index contributed by atoms with van der Waals surface area (Å²) in [7, 11) is 0. The van der Waals surface area contributed by atoms with Gasteiger partial charge in [0.2, 0.25) is 0 Å². The fourth-order valence-corrected chi connectivity index (χ4v) is 1.51. The molecule has 1 aromatic rings. The molecule has 1 N–H and O–H groups in total. The van der Waals surface area contributed by atoms with Gasteiger partial charge in [0.15, 0.2) is 0 Å². The normalized spacial score (nSPS) is 13.4. The Bertz CT molecular complexity index is 440. The molecular weight excluding hydrogens is 284 g/mol. The number of hydrogen-bond donors (Lipinski definition) is 1. The fraction of sp³-hybridized carbons (Fsp3) is 0.538. The number of alkyl halides is 6. The standard InChI is InChI=1S/C13H15F6N/c1-4-11(2,3)20-10-6-8(12(14,15)16)5-9(7-10)13(17,18)19/h5-7,20H,4H2,1-3H3. The zero-order valence-electron chi connectivity index (χ0n) is 11.2. The summed E-state index contributed by atoms with van der Waals surface area (Å²) in [5.74, 6) is 0. The SMILES string of the molecule is CCC(C)(C)Nc1cc(C(F)(F)F)cc(C(F)(F)F)c1. The van der Waals surface area contributed by atoms with Crippen molar-refractivity contribution >= 4 is 5.69 Å². The van der Waals surface area contributed by atoms with Crippen LogP contribution in [0.3, 0.4) is 0 Å². The summed E-state index contributed by atoms with van der Waals surface area (Å²) in [6.45, 7) is 5.17.